The summed E-state index contributed by atoms with van der Waals surface area (Å²) in [5, 5.41) is 14.0. The van der Waals surface area contributed by atoms with E-state index in [1.165, 1.54) is 42.5 Å². The number of benzene rings is 3. The van der Waals surface area contributed by atoms with Crippen LogP contribution in [-0.2, 0) is 0 Å². The molecule has 3 aromatic rings. The van der Waals surface area contributed by atoms with E-state index in [-0.39, 0.29) is 22.7 Å². The molecule has 1 aliphatic rings. The van der Waals surface area contributed by atoms with Gasteiger partial charge in [-0.3, -0.25) is 24.5 Å². The van der Waals surface area contributed by atoms with E-state index in [0.29, 0.717) is 11.3 Å². The molecular formula is C23H17N3O5. The average molecular weight is 415 g/mol. The molecule has 0 bridgehead atoms. The number of carbonyl (C=O) groups is 3. The number of nitro benzene ring substituents is 1. The van der Waals surface area contributed by atoms with Gasteiger partial charge in [-0.2, -0.15) is 0 Å². The number of imide groups is 1. The van der Waals surface area contributed by atoms with Gasteiger partial charge in [0, 0.05) is 17.3 Å². The van der Waals surface area contributed by atoms with E-state index in [9.17, 15) is 24.5 Å². The predicted molar refractivity (Wildman–Crippen MR) is 115 cm³/mol. The van der Waals surface area contributed by atoms with E-state index >= 15 is 0 Å². The summed E-state index contributed by atoms with van der Waals surface area (Å²) >= 11 is 0. The normalized spacial score (nSPS) is 12.6. The number of nitrogens with zero attached hydrogens (tertiary/aromatic N) is 2. The van der Waals surface area contributed by atoms with Gasteiger partial charge in [0.05, 0.1) is 16.2 Å². The van der Waals surface area contributed by atoms with Crippen LogP contribution in [0.25, 0.3) is 0 Å². The number of carbonyl (C=O) groups excluding carboxylic acids is 3. The average Bonchev–Trinajstić information content (AvgIpc) is 3.01. The lowest BCUT2D eigenvalue weighted by molar-refractivity contribution is -0.385. The minimum Gasteiger partial charge on any atom is -0.322 e. The van der Waals surface area contributed by atoms with Crippen molar-refractivity contribution in [2.45, 2.75) is 13.8 Å². The molecule has 0 fully saturated rings. The number of nitrogens with one attached hydrogen (secondary N) is 1. The summed E-state index contributed by atoms with van der Waals surface area (Å²) in [7, 11) is 0. The monoisotopic (exact) mass is 415 g/mol. The number of hydrogen-bond acceptors (Lipinski definition) is 5. The number of fused-ring (bicyclic) bond motifs is 1. The number of aryl methyl sites for hydroxylation is 2. The van der Waals surface area contributed by atoms with Crippen molar-refractivity contribution in [3.63, 3.8) is 0 Å². The van der Waals surface area contributed by atoms with Gasteiger partial charge in [0.15, 0.2) is 0 Å². The molecule has 0 saturated heterocycles. The fraction of sp³-hybridized carbons (Fsp3) is 0.0870. The van der Waals surface area contributed by atoms with Gasteiger partial charge in [0.1, 0.15) is 5.56 Å². The van der Waals surface area contributed by atoms with Crippen LogP contribution in [0.3, 0.4) is 0 Å². The molecule has 1 heterocycles. The second kappa shape index (κ2) is 7.49. The molecule has 154 valence electrons. The smallest absolute Gasteiger partial charge is 0.283 e. The molecule has 0 aromatic heterocycles. The van der Waals surface area contributed by atoms with Crippen LogP contribution in [0.5, 0.6) is 0 Å². The van der Waals surface area contributed by atoms with Crippen molar-refractivity contribution < 1.29 is 19.3 Å². The van der Waals surface area contributed by atoms with Crippen LogP contribution in [0, 0.1) is 24.0 Å². The second-order valence-electron chi connectivity index (χ2n) is 7.20. The lowest BCUT2D eigenvalue weighted by Crippen LogP contribution is -2.29. The van der Waals surface area contributed by atoms with E-state index in [2.05, 4.69) is 5.32 Å². The highest BCUT2D eigenvalue weighted by Crippen LogP contribution is 2.33. The molecule has 8 nitrogen and oxygen atoms in total. The minimum absolute atomic E-state index is 0.0178. The number of amides is 3. The lowest BCUT2D eigenvalue weighted by atomic mass is 10.1. The quantitative estimate of drug-likeness (QED) is 0.389. The lowest BCUT2D eigenvalue weighted by Gasteiger charge is -2.14. The Kier molecular flexibility index (Phi) is 4.82. The molecule has 4 rings (SSSR count). The predicted octanol–water partition coefficient (Wildman–Crippen LogP) is 4.26. The zero-order valence-corrected chi connectivity index (χ0v) is 16.7. The summed E-state index contributed by atoms with van der Waals surface area (Å²) in [6.07, 6.45) is 0. The van der Waals surface area contributed by atoms with Gasteiger partial charge in [-0.25, -0.2) is 4.90 Å². The maximum Gasteiger partial charge on any atom is 0.283 e. The van der Waals surface area contributed by atoms with Crippen molar-refractivity contribution in [3.8, 4) is 0 Å². The second-order valence-corrected chi connectivity index (χ2v) is 7.20. The zero-order chi connectivity index (χ0) is 22.3. The van der Waals surface area contributed by atoms with Crippen LogP contribution < -0.4 is 10.2 Å². The van der Waals surface area contributed by atoms with Gasteiger partial charge in [0.25, 0.3) is 23.4 Å². The first-order valence-corrected chi connectivity index (χ1v) is 9.43. The third kappa shape index (κ3) is 3.44. The summed E-state index contributed by atoms with van der Waals surface area (Å²) in [6.45, 7) is 3.93. The Bertz CT molecular complexity index is 1260. The SMILES string of the molecule is Cc1ccc(NC(=O)c2ccc(N3C(=O)c4cccc([N+](=O)[O-])c4C3=O)cc2)cc1C. The molecule has 3 aromatic carbocycles. The zero-order valence-electron chi connectivity index (χ0n) is 16.7. The summed E-state index contributed by atoms with van der Waals surface area (Å²) in [4.78, 5) is 49.5. The Hall–Kier alpha value is -4.33. The molecule has 0 radical (unpaired) electrons. The van der Waals surface area contributed by atoms with Gasteiger partial charge in [0.2, 0.25) is 0 Å². The van der Waals surface area contributed by atoms with Crippen molar-refractivity contribution in [2.75, 3.05) is 10.2 Å². The third-order valence-corrected chi connectivity index (χ3v) is 5.24. The van der Waals surface area contributed by atoms with Crippen molar-refractivity contribution >= 4 is 34.8 Å². The number of nitro groups is 1. The molecule has 1 aliphatic heterocycles. The van der Waals surface area contributed by atoms with Crippen molar-refractivity contribution in [1.29, 1.82) is 0 Å². The topological polar surface area (TPSA) is 110 Å². The Morgan fingerprint density at radius 2 is 1.65 bits per heavy atom. The van der Waals surface area contributed by atoms with E-state index in [1.807, 2.05) is 26.0 Å². The Morgan fingerprint density at radius 1 is 0.935 bits per heavy atom. The first-order valence-electron chi connectivity index (χ1n) is 9.43. The fourth-order valence-corrected chi connectivity index (χ4v) is 3.44. The summed E-state index contributed by atoms with van der Waals surface area (Å²) in [5.74, 6) is -1.75. The number of rotatable bonds is 4. The number of hydrogen-bond donors (Lipinski definition) is 1. The van der Waals surface area contributed by atoms with Crippen LogP contribution in [0.15, 0.2) is 60.7 Å². The van der Waals surface area contributed by atoms with E-state index < -0.39 is 22.4 Å². The highest BCUT2D eigenvalue weighted by Gasteiger charge is 2.41. The molecular weight excluding hydrogens is 398 g/mol. The molecule has 0 atom stereocenters. The summed E-state index contributed by atoms with van der Waals surface area (Å²) in [6, 6.07) is 15.4. The van der Waals surface area contributed by atoms with Crippen LogP contribution in [0.2, 0.25) is 0 Å². The highest BCUT2D eigenvalue weighted by molar-refractivity contribution is 6.35. The minimum atomic E-state index is -0.764. The van der Waals surface area contributed by atoms with E-state index in [0.717, 1.165) is 16.0 Å². The standard InChI is InChI=1S/C23H17N3O5/c1-13-6-9-16(12-14(13)2)24-21(27)15-7-10-17(11-8-15)25-22(28)18-4-3-5-19(26(30)31)20(18)23(25)29/h3-12H,1-2H3,(H,24,27). The van der Waals surface area contributed by atoms with Gasteiger partial charge in [-0.1, -0.05) is 12.1 Å². The first-order chi connectivity index (χ1) is 14.8. The number of anilines is 2. The van der Waals surface area contributed by atoms with Crippen LogP contribution in [-0.4, -0.2) is 22.6 Å². The molecule has 0 spiro atoms. The van der Waals surface area contributed by atoms with E-state index in [1.54, 1.807) is 6.07 Å². The maximum absolute atomic E-state index is 12.8. The first kappa shape index (κ1) is 20.0. The van der Waals surface area contributed by atoms with Crippen molar-refractivity contribution in [1.82, 2.24) is 0 Å². The molecule has 0 unspecified atom stereocenters. The van der Waals surface area contributed by atoms with E-state index in [4.69, 9.17) is 0 Å². The third-order valence-electron chi connectivity index (χ3n) is 5.24. The highest BCUT2D eigenvalue weighted by atomic mass is 16.6. The molecule has 3 amide bonds. The summed E-state index contributed by atoms with van der Waals surface area (Å²) < 4.78 is 0. The Morgan fingerprint density at radius 3 is 2.29 bits per heavy atom. The fourth-order valence-electron chi connectivity index (χ4n) is 3.44. The van der Waals surface area contributed by atoms with Crippen LogP contribution >= 0.6 is 0 Å². The molecule has 8 heteroatoms. The maximum atomic E-state index is 12.8. The molecule has 0 aliphatic carbocycles. The van der Waals surface area contributed by atoms with Crippen LogP contribution in [0.4, 0.5) is 17.1 Å². The largest absolute Gasteiger partial charge is 0.322 e. The van der Waals surface area contributed by atoms with Crippen molar-refractivity contribution in [2.24, 2.45) is 0 Å². The molecule has 0 saturated carbocycles. The molecule has 1 N–H and O–H groups in total. The Labute approximate surface area is 177 Å². The van der Waals surface area contributed by atoms with Gasteiger partial charge in [-0.05, 0) is 67.4 Å². The summed E-state index contributed by atoms with van der Waals surface area (Å²) in [5.41, 5.74) is 2.72. The van der Waals surface area contributed by atoms with Gasteiger partial charge >= 0.3 is 0 Å². The van der Waals surface area contributed by atoms with Gasteiger partial charge in [-0.15, -0.1) is 0 Å². The molecule has 31 heavy (non-hydrogen) atoms. The Balaban J connectivity index is 1.58. The van der Waals surface area contributed by atoms with Crippen molar-refractivity contribution in [3.05, 3.63) is 98.6 Å². The van der Waals surface area contributed by atoms with Crippen LogP contribution in [0.1, 0.15) is 42.2 Å². The van der Waals surface area contributed by atoms with Gasteiger partial charge < -0.3 is 5.32 Å².